The average molecular weight is 243 g/mol. The first-order valence-corrected chi connectivity index (χ1v) is 5.32. The van der Waals surface area contributed by atoms with Crippen LogP contribution >= 0.6 is 0 Å². The minimum Gasteiger partial charge on any atom is -0.493 e. The summed E-state index contributed by atoms with van der Waals surface area (Å²) in [4.78, 5) is 3.96. The summed E-state index contributed by atoms with van der Waals surface area (Å²) in [5.41, 5.74) is 5.75. The third-order valence-electron chi connectivity index (χ3n) is 2.30. The molecule has 0 saturated carbocycles. The molecular weight excluding hydrogens is 230 g/mol. The smallest absolute Gasteiger partial charge is 0.169 e. The molecular formula is C13H13N3O2. The zero-order valence-electron chi connectivity index (χ0n) is 9.88. The fraction of sp³-hybridized carbons (Fsp3) is 0.0769. The Morgan fingerprint density at radius 2 is 1.94 bits per heavy atom. The fourth-order valence-corrected chi connectivity index (χ4v) is 1.45. The maximum Gasteiger partial charge on any atom is 0.169 e. The van der Waals surface area contributed by atoms with E-state index >= 15 is 0 Å². The molecule has 0 amide bonds. The van der Waals surface area contributed by atoms with Crippen LogP contribution in [0.25, 0.3) is 0 Å². The van der Waals surface area contributed by atoms with Crippen LogP contribution in [0.3, 0.4) is 0 Å². The van der Waals surface area contributed by atoms with Crippen LogP contribution in [-0.4, -0.2) is 17.9 Å². The van der Waals surface area contributed by atoms with Crippen molar-refractivity contribution in [1.29, 1.82) is 5.41 Å². The van der Waals surface area contributed by atoms with E-state index in [1.165, 1.54) is 0 Å². The highest BCUT2D eigenvalue weighted by Gasteiger charge is 2.06. The molecule has 5 nitrogen and oxygen atoms in total. The molecule has 0 aliphatic carbocycles. The normalized spacial score (nSPS) is 9.83. The van der Waals surface area contributed by atoms with Gasteiger partial charge in [0.05, 0.1) is 7.11 Å². The molecule has 1 aromatic heterocycles. The second-order valence-corrected chi connectivity index (χ2v) is 3.54. The molecule has 3 N–H and O–H groups in total. The lowest BCUT2D eigenvalue weighted by Crippen LogP contribution is -2.12. The number of nitrogens with two attached hydrogens (primary N) is 1. The Morgan fingerprint density at radius 3 is 2.61 bits per heavy atom. The molecule has 0 atom stereocenters. The topological polar surface area (TPSA) is 81.2 Å². The van der Waals surface area contributed by atoms with E-state index in [0.717, 1.165) is 0 Å². The number of benzene rings is 1. The summed E-state index contributed by atoms with van der Waals surface area (Å²) in [6.07, 6.45) is 1.54. The molecule has 2 aromatic rings. The van der Waals surface area contributed by atoms with Crippen LogP contribution in [0.1, 0.15) is 5.69 Å². The number of nitrogens with zero attached hydrogens (tertiary/aromatic N) is 1. The monoisotopic (exact) mass is 243 g/mol. The van der Waals surface area contributed by atoms with Crippen LogP contribution in [0, 0.1) is 5.41 Å². The second-order valence-electron chi connectivity index (χ2n) is 3.54. The van der Waals surface area contributed by atoms with Crippen molar-refractivity contribution in [3.05, 3.63) is 48.3 Å². The van der Waals surface area contributed by atoms with Gasteiger partial charge >= 0.3 is 0 Å². The van der Waals surface area contributed by atoms with Crippen molar-refractivity contribution in [2.45, 2.75) is 0 Å². The Kier molecular flexibility index (Phi) is 3.43. The third-order valence-corrected chi connectivity index (χ3v) is 2.30. The van der Waals surface area contributed by atoms with Crippen molar-refractivity contribution < 1.29 is 9.47 Å². The van der Waals surface area contributed by atoms with Gasteiger partial charge in [0.15, 0.2) is 11.5 Å². The predicted molar refractivity (Wildman–Crippen MR) is 68.3 cm³/mol. The van der Waals surface area contributed by atoms with E-state index in [-0.39, 0.29) is 5.84 Å². The minimum absolute atomic E-state index is 0.0968. The first kappa shape index (κ1) is 11.9. The number of para-hydroxylation sites is 2. The summed E-state index contributed by atoms with van der Waals surface area (Å²) in [5, 5.41) is 7.33. The lowest BCUT2D eigenvalue weighted by Gasteiger charge is -2.10. The minimum atomic E-state index is -0.0968. The molecule has 2 rings (SSSR count). The van der Waals surface area contributed by atoms with Crippen LogP contribution < -0.4 is 15.2 Å². The van der Waals surface area contributed by atoms with Gasteiger partial charge in [0, 0.05) is 12.3 Å². The van der Waals surface area contributed by atoms with E-state index in [0.29, 0.717) is 22.9 Å². The summed E-state index contributed by atoms with van der Waals surface area (Å²) in [5.74, 6) is 1.69. The zero-order chi connectivity index (χ0) is 13.0. The Labute approximate surface area is 105 Å². The summed E-state index contributed by atoms with van der Waals surface area (Å²) in [6, 6.07) is 10.6. The van der Waals surface area contributed by atoms with E-state index in [2.05, 4.69) is 4.98 Å². The SMILES string of the molecule is COc1ccccc1Oc1ccnc(C(=N)N)c1. The maximum atomic E-state index is 7.33. The summed E-state index contributed by atoms with van der Waals surface area (Å²) < 4.78 is 10.9. The third kappa shape index (κ3) is 2.57. The van der Waals surface area contributed by atoms with Crippen LogP contribution in [0.4, 0.5) is 0 Å². The summed E-state index contributed by atoms with van der Waals surface area (Å²) in [6.45, 7) is 0. The molecule has 0 saturated heterocycles. The van der Waals surface area contributed by atoms with E-state index < -0.39 is 0 Å². The number of methoxy groups -OCH3 is 1. The van der Waals surface area contributed by atoms with E-state index in [1.54, 1.807) is 31.5 Å². The Morgan fingerprint density at radius 1 is 1.22 bits per heavy atom. The number of amidine groups is 1. The second kappa shape index (κ2) is 5.18. The van der Waals surface area contributed by atoms with Crippen molar-refractivity contribution in [1.82, 2.24) is 4.98 Å². The highest BCUT2D eigenvalue weighted by molar-refractivity contribution is 5.93. The van der Waals surface area contributed by atoms with Gasteiger partial charge in [-0.2, -0.15) is 0 Å². The number of nitrogens with one attached hydrogen (secondary N) is 1. The molecule has 0 radical (unpaired) electrons. The molecule has 1 aromatic carbocycles. The highest BCUT2D eigenvalue weighted by Crippen LogP contribution is 2.30. The van der Waals surface area contributed by atoms with Crippen molar-refractivity contribution >= 4 is 5.84 Å². The van der Waals surface area contributed by atoms with E-state index in [9.17, 15) is 0 Å². The number of nitrogen functional groups attached to an aromatic ring is 1. The fourth-order valence-electron chi connectivity index (χ4n) is 1.45. The number of aromatic nitrogens is 1. The molecule has 0 aliphatic rings. The molecule has 5 heteroatoms. The van der Waals surface area contributed by atoms with E-state index in [4.69, 9.17) is 20.6 Å². The number of ether oxygens (including phenoxy) is 2. The van der Waals surface area contributed by atoms with Gasteiger partial charge in [-0.1, -0.05) is 12.1 Å². The maximum absolute atomic E-state index is 7.33. The standard InChI is InChI=1S/C13H13N3O2/c1-17-11-4-2-3-5-12(11)18-9-6-7-16-10(8-9)13(14)15/h2-8H,1H3,(H3,14,15). The largest absolute Gasteiger partial charge is 0.493 e. The number of pyridine rings is 1. The van der Waals surface area contributed by atoms with Crippen molar-refractivity contribution in [2.24, 2.45) is 5.73 Å². The van der Waals surface area contributed by atoms with Gasteiger partial charge in [0.25, 0.3) is 0 Å². The van der Waals surface area contributed by atoms with Crippen molar-refractivity contribution in [3.8, 4) is 17.2 Å². The predicted octanol–water partition coefficient (Wildman–Crippen LogP) is 2.17. The highest BCUT2D eigenvalue weighted by atomic mass is 16.5. The molecule has 0 bridgehead atoms. The van der Waals surface area contributed by atoms with E-state index in [1.807, 2.05) is 18.2 Å². The van der Waals surface area contributed by atoms with Crippen LogP contribution in [-0.2, 0) is 0 Å². The number of hydrogen-bond acceptors (Lipinski definition) is 4. The summed E-state index contributed by atoms with van der Waals surface area (Å²) >= 11 is 0. The van der Waals surface area contributed by atoms with Gasteiger partial charge in [-0.15, -0.1) is 0 Å². The zero-order valence-corrected chi connectivity index (χ0v) is 9.88. The Hall–Kier alpha value is -2.56. The van der Waals surface area contributed by atoms with Crippen LogP contribution in [0.15, 0.2) is 42.6 Å². The van der Waals surface area contributed by atoms with Crippen molar-refractivity contribution in [3.63, 3.8) is 0 Å². The van der Waals surface area contributed by atoms with Gasteiger partial charge in [-0.25, -0.2) is 0 Å². The molecule has 0 unspecified atom stereocenters. The Balaban J connectivity index is 2.28. The lowest BCUT2D eigenvalue weighted by atomic mass is 10.3. The Bertz CT molecular complexity index is 570. The van der Waals surface area contributed by atoms with Gasteiger partial charge in [0.2, 0.25) is 0 Å². The molecule has 0 spiro atoms. The molecule has 92 valence electrons. The number of rotatable bonds is 4. The average Bonchev–Trinajstić information content (AvgIpc) is 2.39. The summed E-state index contributed by atoms with van der Waals surface area (Å²) in [7, 11) is 1.58. The molecule has 0 aliphatic heterocycles. The van der Waals surface area contributed by atoms with Gasteiger partial charge < -0.3 is 15.2 Å². The van der Waals surface area contributed by atoms with Crippen molar-refractivity contribution in [2.75, 3.05) is 7.11 Å². The van der Waals surface area contributed by atoms with Crippen LogP contribution in [0.5, 0.6) is 17.2 Å². The van der Waals surface area contributed by atoms with Gasteiger partial charge in [-0.05, 0) is 18.2 Å². The first-order chi connectivity index (χ1) is 8.70. The molecule has 1 heterocycles. The van der Waals surface area contributed by atoms with Crippen LogP contribution in [0.2, 0.25) is 0 Å². The lowest BCUT2D eigenvalue weighted by molar-refractivity contribution is 0.378. The molecule has 0 fully saturated rings. The first-order valence-electron chi connectivity index (χ1n) is 5.32. The van der Waals surface area contributed by atoms with Gasteiger partial charge in [-0.3, -0.25) is 10.4 Å². The molecule has 18 heavy (non-hydrogen) atoms. The number of hydrogen-bond donors (Lipinski definition) is 2. The quantitative estimate of drug-likeness (QED) is 0.637. The van der Waals surface area contributed by atoms with Gasteiger partial charge in [0.1, 0.15) is 17.3 Å².